The molecule has 0 spiro atoms. The number of carboxylic acids is 1. The molecule has 0 saturated carbocycles. The Morgan fingerprint density at radius 3 is 2.93 bits per heavy atom. The van der Waals surface area contributed by atoms with Crippen molar-refractivity contribution in [2.75, 3.05) is 6.26 Å². The highest BCUT2D eigenvalue weighted by molar-refractivity contribution is 7.98. The zero-order valence-electron chi connectivity index (χ0n) is 7.72. The van der Waals surface area contributed by atoms with E-state index >= 15 is 0 Å². The van der Waals surface area contributed by atoms with Gasteiger partial charge in [0, 0.05) is 6.20 Å². The van der Waals surface area contributed by atoms with Gasteiger partial charge in [0.1, 0.15) is 0 Å². The molecule has 0 radical (unpaired) electrons. The maximum atomic E-state index is 10.8. The van der Waals surface area contributed by atoms with Crippen molar-refractivity contribution in [2.45, 2.75) is 5.16 Å². The summed E-state index contributed by atoms with van der Waals surface area (Å²) >= 11 is 1.23. The molecule has 0 aliphatic carbocycles. The smallest absolute Gasteiger partial charge is 0.355 e. The third-order valence-corrected chi connectivity index (χ3v) is 1.98. The Bertz CT molecular complexity index is 462. The van der Waals surface area contributed by atoms with Crippen LogP contribution in [0.5, 0.6) is 0 Å². The molecular formula is C9H6N2O3S. The lowest BCUT2D eigenvalue weighted by molar-refractivity contribution is -0.103. The number of carbonyl (C=O) groups is 2. The molecule has 15 heavy (non-hydrogen) atoms. The predicted octanol–water partition coefficient (Wildman–Crippen LogP) is 0.447. The van der Waals surface area contributed by atoms with Crippen LogP contribution < -0.4 is 0 Å². The summed E-state index contributed by atoms with van der Waals surface area (Å²) in [5.41, 5.74) is -0.0592. The average Bonchev–Trinajstić information content (AvgIpc) is 2.26. The van der Waals surface area contributed by atoms with E-state index in [-0.39, 0.29) is 11.3 Å². The molecular weight excluding hydrogens is 216 g/mol. The highest BCUT2D eigenvalue weighted by Gasteiger charge is 2.12. The Kier molecular flexibility index (Phi) is 3.83. The number of hydrogen-bond acceptors (Lipinski definition) is 5. The van der Waals surface area contributed by atoms with Gasteiger partial charge in [-0.25, -0.2) is 14.8 Å². The third kappa shape index (κ3) is 2.79. The summed E-state index contributed by atoms with van der Waals surface area (Å²) in [5.74, 6) is 3.29. The summed E-state index contributed by atoms with van der Waals surface area (Å²) in [4.78, 5) is 28.5. The number of hydrogen-bond donors (Lipinski definition) is 1. The van der Waals surface area contributed by atoms with Gasteiger partial charge in [-0.3, -0.25) is 4.79 Å². The van der Waals surface area contributed by atoms with Gasteiger partial charge in [0.25, 0.3) is 0 Å². The van der Waals surface area contributed by atoms with Crippen molar-refractivity contribution in [1.29, 1.82) is 0 Å². The lowest BCUT2D eigenvalue weighted by Gasteiger charge is -1.99. The number of carbonyl (C=O) groups excluding carboxylic acids is 1. The molecule has 1 aromatic rings. The van der Waals surface area contributed by atoms with Crippen molar-refractivity contribution in [3.63, 3.8) is 0 Å². The summed E-state index contributed by atoms with van der Waals surface area (Å²) in [6, 6.07) is 0. The van der Waals surface area contributed by atoms with Crippen LogP contribution in [0.25, 0.3) is 0 Å². The van der Waals surface area contributed by atoms with E-state index in [1.54, 1.807) is 6.26 Å². The molecule has 0 aliphatic rings. The first kappa shape index (κ1) is 11.2. The van der Waals surface area contributed by atoms with Crippen LogP contribution in [0.15, 0.2) is 11.4 Å². The molecule has 0 bridgehead atoms. The van der Waals surface area contributed by atoms with Crippen LogP contribution in [0.3, 0.4) is 0 Å². The normalized spacial score (nSPS) is 8.87. The molecule has 6 heteroatoms. The molecule has 76 valence electrons. The van der Waals surface area contributed by atoms with Gasteiger partial charge in [0.15, 0.2) is 17.1 Å². The van der Waals surface area contributed by atoms with E-state index in [9.17, 15) is 9.59 Å². The molecule has 0 saturated heterocycles. The first-order valence-electron chi connectivity index (χ1n) is 3.78. The number of nitrogens with zero attached hydrogens (tertiary/aromatic N) is 2. The van der Waals surface area contributed by atoms with Crippen molar-refractivity contribution in [2.24, 2.45) is 0 Å². The molecule has 0 atom stereocenters. The van der Waals surface area contributed by atoms with Crippen LogP contribution in [0.2, 0.25) is 0 Å². The fourth-order valence-electron chi connectivity index (χ4n) is 0.826. The van der Waals surface area contributed by atoms with Crippen molar-refractivity contribution >= 4 is 24.0 Å². The van der Waals surface area contributed by atoms with Gasteiger partial charge in [-0.05, 0) is 12.2 Å². The van der Waals surface area contributed by atoms with Gasteiger partial charge in [-0.15, -0.1) is 0 Å². The summed E-state index contributed by atoms with van der Waals surface area (Å²) < 4.78 is 0. The molecule has 1 aromatic heterocycles. The second kappa shape index (κ2) is 5.12. The largest absolute Gasteiger partial charge is 0.476 e. The topological polar surface area (TPSA) is 80.2 Å². The molecule has 1 heterocycles. The van der Waals surface area contributed by atoms with Crippen LogP contribution in [0, 0.1) is 11.8 Å². The summed E-state index contributed by atoms with van der Waals surface area (Å²) in [6.07, 6.45) is 3.41. The van der Waals surface area contributed by atoms with E-state index in [0.29, 0.717) is 11.4 Å². The first-order chi connectivity index (χ1) is 7.19. The zero-order valence-corrected chi connectivity index (χ0v) is 8.54. The quantitative estimate of drug-likeness (QED) is 0.338. The number of aromatic nitrogens is 2. The minimum Gasteiger partial charge on any atom is -0.476 e. The van der Waals surface area contributed by atoms with Crippen LogP contribution in [0.1, 0.15) is 16.1 Å². The maximum absolute atomic E-state index is 10.8. The van der Waals surface area contributed by atoms with E-state index in [0.717, 1.165) is 0 Å². The molecule has 5 nitrogen and oxygen atoms in total. The van der Waals surface area contributed by atoms with Crippen LogP contribution in [-0.2, 0) is 4.79 Å². The maximum Gasteiger partial charge on any atom is 0.355 e. The van der Waals surface area contributed by atoms with E-state index in [2.05, 4.69) is 21.8 Å². The molecule has 0 amide bonds. The minimum atomic E-state index is -1.19. The third-order valence-electron chi connectivity index (χ3n) is 1.42. The molecule has 0 aliphatic heterocycles. The van der Waals surface area contributed by atoms with Gasteiger partial charge in [0.05, 0.1) is 5.56 Å². The Morgan fingerprint density at radius 2 is 2.40 bits per heavy atom. The van der Waals surface area contributed by atoms with Crippen molar-refractivity contribution in [3.8, 4) is 11.8 Å². The van der Waals surface area contributed by atoms with Crippen molar-refractivity contribution in [1.82, 2.24) is 9.97 Å². The van der Waals surface area contributed by atoms with Crippen LogP contribution >= 0.6 is 11.8 Å². The van der Waals surface area contributed by atoms with Crippen molar-refractivity contribution < 1.29 is 14.7 Å². The number of carboxylic acid groups (broad SMARTS) is 1. The predicted molar refractivity (Wildman–Crippen MR) is 53.7 cm³/mol. The molecule has 0 unspecified atom stereocenters. The van der Waals surface area contributed by atoms with Crippen LogP contribution in [-0.4, -0.2) is 33.6 Å². The van der Waals surface area contributed by atoms with E-state index in [4.69, 9.17) is 5.11 Å². The SMILES string of the molecule is CSc1ncc(C#CC=O)c(C(=O)O)n1. The fraction of sp³-hybridized carbons (Fsp3) is 0.111. The number of aldehydes is 1. The molecule has 0 fully saturated rings. The summed E-state index contributed by atoms with van der Waals surface area (Å²) in [5, 5.41) is 9.18. The molecule has 1 rings (SSSR count). The lowest BCUT2D eigenvalue weighted by Crippen LogP contribution is -2.06. The first-order valence-corrected chi connectivity index (χ1v) is 5.01. The Labute approximate surface area is 89.9 Å². The van der Waals surface area contributed by atoms with Crippen LogP contribution in [0.4, 0.5) is 0 Å². The fourth-order valence-corrected chi connectivity index (χ4v) is 1.17. The van der Waals surface area contributed by atoms with Gasteiger partial charge >= 0.3 is 5.97 Å². The molecule has 0 aromatic carbocycles. The van der Waals surface area contributed by atoms with Crippen molar-refractivity contribution in [3.05, 3.63) is 17.5 Å². The van der Waals surface area contributed by atoms with Gasteiger partial charge in [-0.1, -0.05) is 17.7 Å². The second-order valence-electron chi connectivity index (χ2n) is 2.31. The zero-order chi connectivity index (χ0) is 11.3. The lowest BCUT2D eigenvalue weighted by atomic mass is 10.2. The summed E-state index contributed by atoms with van der Waals surface area (Å²) in [7, 11) is 0. The molecule has 1 N–H and O–H groups in total. The minimum absolute atomic E-state index is 0.132. The average molecular weight is 222 g/mol. The second-order valence-corrected chi connectivity index (χ2v) is 3.08. The van der Waals surface area contributed by atoms with E-state index in [1.165, 1.54) is 18.0 Å². The monoisotopic (exact) mass is 222 g/mol. The highest BCUT2D eigenvalue weighted by Crippen LogP contribution is 2.11. The Morgan fingerprint density at radius 1 is 1.67 bits per heavy atom. The number of rotatable bonds is 2. The van der Waals surface area contributed by atoms with Gasteiger partial charge < -0.3 is 5.11 Å². The highest BCUT2D eigenvalue weighted by atomic mass is 32.2. The number of thioether (sulfide) groups is 1. The van der Waals surface area contributed by atoms with Gasteiger partial charge in [-0.2, -0.15) is 0 Å². The van der Waals surface area contributed by atoms with E-state index < -0.39 is 5.97 Å². The van der Waals surface area contributed by atoms with Gasteiger partial charge in [0.2, 0.25) is 0 Å². The number of aromatic carboxylic acids is 1. The standard InChI is InChI=1S/C9H6N2O3S/c1-15-9-10-5-6(3-2-4-12)7(11-9)8(13)14/h4-5H,1H3,(H,13,14). The summed E-state index contributed by atoms with van der Waals surface area (Å²) in [6.45, 7) is 0. The van der Waals surface area contributed by atoms with E-state index in [1.807, 2.05) is 0 Å². The Hall–Kier alpha value is -1.87. The Balaban J connectivity index is 3.26.